The van der Waals surface area contributed by atoms with Crippen LogP contribution in [0, 0.1) is 53.5 Å². The van der Waals surface area contributed by atoms with Gasteiger partial charge < -0.3 is 9.64 Å². The van der Waals surface area contributed by atoms with Gasteiger partial charge in [0.15, 0.2) is 22.2 Å². The molecule has 5 aliphatic carbocycles. The number of anilines is 3. The Morgan fingerprint density at radius 3 is 1.00 bits per heavy atom. The molecule has 9 aliphatic rings. The van der Waals surface area contributed by atoms with Crippen LogP contribution in [0.25, 0.3) is 50.1 Å². The van der Waals surface area contributed by atoms with Crippen molar-refractivity contribution in [2.45, 2.75) is 107 Å². The van der Waals surface area contributed by atoms with Crippen LogP contribution < -0.4 is 14.7 Å². The van der Waals surface area contributed by atoms with E-state index in [0.29, 0.717) is 28.2 Å². The molecule has 13 aromatic carbocycles. The van der Waals surface area contributed by atoms with Gasteiger partial charge in [-0.1, -0.05) is 373 Å². The van der Waals surface area contributed by atoms with E-state index < -0.39 is 66.9 Å². The molecule has 140 heavy (non-hydrogen) atoms. The largest absolute Gasteiger partial charge is 0.0623 e. The molecule has 2 saturated heterocycles. The number of hydrogen-bond donors (Lipinski definition) is 0. The second kappa shape index (κ2) is 42.4. The zero-order valence-corrected chi connectivity index (χ0v) is 81.4. The van der Waals surface area contributed by atoms with Crippen molar-refractivity contribution < 1.29 is 54.0 Å². The van der Waals surface area contributed by atoms with Crippen molar-refractivity contribution in [1.29, 1.82) is 0 Å². The van der Waals surface area contributed by atoms with E-state index in [1.807, 2.05) is 257 Å². The summed E-state index contributed by atoms with van der Waals surface area (Å²) in [5, 5.41) is -0.0427. The molecule has 4 heterocycles. The predicted octanol–water partition coefficient (Wildman–Crippen LogP) is 26.4. The van der Waals surface area contributed by atoms with Crippen LogP contribution in [0.1, 0.15) is 149 Å². The summed E-state index contributed by atoms with van der Waals surface area (Å²) in [5.74, 6) is -3.33. The first-order chi connectivity index (χ1) is 67.2. The zero-order chi connectivity index (χ0) is 98.9. The maximum absolute atomic E-state index is 15.4. The number of para-hydroxylation sites is 3. The quantitative estimate of drug-likeness (QED) is 0.0435. The first-order valence-corrected chi connectivity index (χ1v) is 47.8. The van der Waals surface area contributed by atoms with Crippen LogP contribution in [-0.2, 0) is 48.4 Å². The Morgan fingerprint density at radius 1 is 0.371 bits per heavy atom. The molecule has 6 amide bonds. The number of rotatable bonds is 14. The molecule has 17 heteroatoms. The molecule has 8 atom stereocenters. The fourth-order valence-electron chi connectivity index (χ4n) is 23.2. The molecular weight excluding hydrogens is 1780 g/mol. The number of hydrogen-bond acceptors (Lipinski definition) is 11. The van der Waals surface area contributed by atoms with E-state index in [9.17, 15) is 38.4 Å². The van der Waals surface area contributed by atoms with Crippen molar-refractivity contribution in [3.63, 3.8) is 0 Å². The Bertz CT molecular complexity index is 6830. The molecule has 8 unspecified atom stereocenters. The van der Waals surface area contributed by atoms with Gasteiger partial charge in [-0.15, -0.1) is 11.6 Å². The standard InChI is InChI=1S/C38H32O2.C29H22ClNO3.C28H21NO2.C10H6ClNO2.C6H15N.C6H6.C4H8O.CO.CH4.H2/c1-25-30(26-17-9-5-10-18-26)38(29-23-15-8-16-24-29)36(3)32(28-21-13-7-14-22-28)31(27-19-11-6-12-20-27)35(2,34(36)40)37(38,4)33(25)39;1-27-21(18-12-6-3-7-13-18)22(19-14-8-4-9-15-19)28(2,25(27)33)29(30)23(27)24(32)31(26(29)34)20-16-10-5-11-17-20;1-18-23(20-12-6-3-7-13-20)24(21-14-8-4-9-15-21)19(2)26-25(18)27(30)29(28(26)31)22-16-10-5-11-17-22;11-8-6-9(13)12(10(8)14)7-4-2-1-3-5-7;1-4-7(5-2)6-3;1-2-4-6-5-3-1;1-2-4-5-3-1;1-2;;/h5-24H,1-4H3;3-17,23H,1-2H3;3-17H,1-2H3;1-6H;4-6H2,1-3H3;1-6H;1-4H2;;1H4;1H/i;;;;;;;;;1+1. The van der Waals surface area contributed by atoms with Gasteiger partial charge in [0.1, 0.15) is 5.03 Å². The number of benzene rings is 13. The van der Waals surface area contributed by atoms with Gasteiger partial charge in [-0.05, 0) is 224 Å². The minimum absolute atomic E-state index is 0. The number of carbonyl (C=O) groups is 9. The molecule has 22 rings (SSSR count). The van der Waals surface area contributed by atoms with Gasteiger partial charge in [-0.2, -0.15) is 0 Å². The number of fused-ring (bicyclic) bond motifs is 11. The van der Waals surface area contributed by atoms with E-state index in [1.54, 1.807) is 74.5 Å². The fraction of sp³-hybridized carbons (Fsp3) is 0.220. The maximum Gasteiger partial charge on any atom is -0.0623 e. The van der Waals surface area contributed by atoms with Crippen molar-refractivity contribution in [2.24, 2.45) is 33.0 Å². The summed E-state index contributed by atoms with van der Waals surface area (Å²) >= 11 is 12.9. The average Bonchev–Trinajstić information content (AvgIpc) is 1.43. The molecule has 15 nitrogen and oxygen atoms in total. The predicted molar refractivity (Wildman–Crippen MR) is 563 cm³/mol. The monoisotopic (exact) mass is 1900 g/mol. The molecule has 13 aromatic rings. The van der Waals surface area contributed by atoms with E-state index in [0.717, 1.165) is 124 Å². The topological polar surface area (TPSA) is 196 Å². The number of imide groups is 3. The molecule has 0 radical (unpaired) electrons. The van der Waals surface area contributed by atoms with E-state index in [4.69, 9.17) is 32.6 Å². The number of alkyl halides is 1. The van der Waals surface area contributed by atoms with Crippen LogP contribution in [0.2, 0.25) is 0 Å². The molecule has 708 valence electrons. The SMILES string of the molecule is C.C1CCOC1.CC12C(=O)C(C)(C(c3ccccc3)=C1c1ccccc1)C1(Cl)C(=O)N(c3ccccc3)C(=O)C21.CC1=C(c2ccccc2)C2(c3ccccc3)C3(C)C(=O)C(C)(C(c4ccccc4)=C3c3ccccc3)C2(C)C1=O.CCN(CC)CC.Cc1c2c(c(C)c(-c3ccccc3)c1-c1ccccc1)C(=O)N(c1ccccc1)C2=O.O=C1C=C(Cl)C(=O)N1c1ccccc1.[2HH].[C-]#[O+].c1ccccc1. The fourth-order valence-corrected chi connectivity index (χ4v) is 23.9. The summed E-state index contributed by atoms with van der Waals surface area (Å²) in [7, 11) is 0. The molecule has 2 saturated carbocycles. The summed E-state index contributed by atoms with van der Waals surface area (Å²) < 4.78 is 12.4. The van der Waals surface area contributed by atoms with Gasteiger partial charge in [0.25, 0.3) is 29.5 Å². The Balaban J connectivity index is 0.000000152. The second-order valence-corrected chi connectivity index (χ2v) is 37.3. The number of carbonyl (C=O) groups excluding carboxylic acids is 9. The normalized spacial score (nSPS) is 22.8. The number of nitrogens with zero attached hydrogens (tertiary/aromatic N) is 4. The number of Topliss-reactive ketones (excluding diaryl/α,β-unsaturated/α-hetero) is 3. The summed E-state index contributed by atoms with van der Waals surface area (Å²) in [6.07, 6.45) is 3.68. The molecule has 4 fully saturated rings. The Morgan fingerprint density at radius 2 is 0.671 bits per heavy atom. The van der Waals surface area contributed by atoms with Gasteiger partial charge >= 0.3 is 11.3 Å². The number of amides is 6. The molecule has 4 bridgehead atoms. The molecular formula is C123H116Cl2N4O11. The minimum Gasteiger partial charge on any atom is -0.0623 e. The van der Waals surface area contributed by atoms with Gasteiger partial charge in [-0.3, -0.25) is 43.2 Å². The van der Waals surface area contributed by atoms with Crippen LogP contribution in [0.4, 0.5) is 17.1 Å². The third-order valence-corrected chi connectivity index (χ3v) is 30.3. The third-order valence-electron chi connectivity index (χ3n) is 29.3. The average molecular weight is 1900 g/mol. The van der Waals surface area contributed by atoms with Crippen LogP contribution in [0.3, 0.4) is 0 Å². The van der Waals surface area contributed by atoms with Gasteiger partial charge in [0, 0.05) is 20.7 Å². The molecule has 0 spiro atoms. The summed E-state index contributed by atoms with van der Waals surface area (Å²) in [5.41, 5.74) is 12.7. The molecule has 0 aromatic heterocycles. The van der Waals surface area contributed by atoms with Gasteiger partial charge in [0.2, 0.25) is 5.91 Å². The number of ether oxygens (including phenoxy) is 1. The molecule has 4 aliphatic heterocycles. The zero-order valence-electron chi connectivity index (χ0n) is 79.9. The van der Waals surface area contributed by atoms with Crippen molar-refractivity contribution in [2.75, 3.05) is 47.5 Å². The number of halogens is 2. The minimum atomic E-state index is -1.71. The first-order valence-electron chi connectivity index (χ1n) is 47.0. The van der Waals surface area contributed by atoms with Crippen molar-refractivity contribution in [3.8, 4) is 22.3 Å². The Hall–Kier alpha value is -14.5. The summed E-state index contributed by atoms with van der Waals surface area (Å²) in [6, 6.07) is 119. The van der Waals surface area contributed by atoms with Crippen molar-refractivity contribution >= 4 is 121 Å². The van der Waals surface area contributed by atoms with Gasteiger partial charge in [0.05, 0.1) is 66.6 Å². The van der Waals surface area contributed by atoms with E-state index >= 15 is 4.79 Å². The summed E-state index contributed by atoms with van der Waals surface area (Å²) in [6.45, 7) is 32.3. The molecule has 0 N–H and O–H groups in total. The van der Waals surface area contributed by atoms with Crippen molar-refractivity contribution in [1.82, 2.24) is 4.90 Å². The number of allylic oxidation sites excluding steroid dienone is 6. The number of ketones is 3. The van der Waals surface area contributed by atoms with Crippen molar-refractivity contribution in [3.05, 3.63) is 449 Å². The van der Waals surface area contributed by atoms with Crippen LogP contribution >= 0.6 is 23.2 Å². The van der Waals surface area contributed by atoms with E-state index in [-0.39, 0.29) is 43.0 Å². The third kappa shape index (κ3) is 16.6. The Labute approximate surface area is 832 Å². The van der Waals surface area contributed by atoms with Gasteiger partial charge in [-0.25, -0.2) is 14.7 Å². The van der Waals surface area contributed by atoms with E-state index in [2.05, 4.69) is 126 Å². The van der Waals surface area contributed by atoms with Crippen LogP contribution in [0.5, 0.6) is 0 Å². The maximum atomic E-state index is 15.4. The van der Waals surface area contributed by atoms with E-state index in [1.165, 1.54) is 42.3 Å². The summed E-state index contributed by atoms with van der Waals surface area (Å²) in [4.78, 5) is 127. The first kappa shape index (κ1) is 101. The van der Waals surface area contributed by atoms with Crippen LogP contribution in [0.15, 0.2) is 387 Å². The smallest absolute Gasteiger partial charge is 0.0623 e. The Kier molecular flexibility index (Phi) is 30.7. The second-order valence-electron chi connectivity index (χ2n) is 36.3. The van der Waals surface area contributed by atoms with Crippen LogP contribution in [-0.4, -0.2) is 95.4 Å².